The first-order valence-electron chi connectivity index (χ1n) is 11.6. The Bertz CT molecular complexity index is 1410. The molecule has 3 rings (SSSR count). The largest absolute Gasteiger partial charge is 0.469 e. The molecule has 2 atom stereocenters. The Labute approximate surface area is 226 Å². The SMILES string of the molecule is CN(C(=O)NCc1cccc(F)c1F)[C@H](COC(=O)Nc1cc2cc(F)ccc2cn1)C[C@H](O)COP(=O)(O)O. The third-order valence-corrected chi connectivity index (χ3v) is 6.12. The maximum atomic E-state index is 13.9. The summed E-state index contributed by atoms with van der Waals surface area (Å²) in [7, 11) is -3.63. The average Bonchev–Trinajstić information content (AvgIpc) is 2.89. The molecule has 5 N–H and O–H groups in total. The number of aliphatic hydroxyl groups is 1. The highest BCUT2D eigenvalue weighted by molar-refractivity contribution is 7.46. The molecule has 0 spiro atoms. The molecule has 0 radical (unpaired) electrons. The molecule has 0 aliphatic rings. The number of carbonyl (C=O) groups excluding carboxylic acids is 2. The normalized spacial score (nSPS) is 13.0. The number of nitrogens with zero attached hydrogens (tertiary/aromatic N) is 2. The Kier molecular flexibility index (Phi) is 10.4. The Balaban J connectivity index is 1.65. The second-order valence-electron chi connectivity index (χ2n) is 8.60. The number of phosphoric acid groups is 1. The van der Waals surface area contributed by atoms with E-state index in [2.05, 4.69) is 20.1 Å². The van der Waals surface area contributed by atoms with Crippen LogP contribution in [0.5, 0.6) is 0 Å². The van der Waals surface area contributed by atoms with E-state index in [0.29, 0.717) is 10.8 Å². The van der Waals surface area contributed by atoms with E-state index in [4.69, 9.17) is 14.5 Å². The summed E-state index contributed by atoms with van der Waals surface area (Å²) in [6.45, 7) is -1.70. The van der Waals surface area contributed by atoms with Gasteiger partial charge in [-0.05, 0) is 42.1 Å². The van der Waals surface area contributed by atoms with Gasteiger partial charge in [0, 0.05) is 30.7 Å². The van der Waals surface area contributed by atoms with Gasteiger partial charge in [0.1, 0.15) is 18.2 Å². The Morgan fingerprint density at radius 3 is 2.58 bits per heavy atom. The van der Waals surface area contributed by atoms with Crippen molar-refractivity contribution in [1.82, 2.24) is 15.2 Å². The number of carbonyl (C=O) groups is 2. The lowest BCUT2D eigenvalue weighted by Crippen LogP contribution is -2.47. The van der Waals surface area contributed by atoms with Gasteiger partial charge in [-0.3, -0.25) is 9.84 Å². The van der Waals surface area contributed by atoms with E-state index in [-0.39, 0.29) is 24.3 Å². The molecule has 12 nitrogen and oxygen atoms in total. The molecule has 3 amide bonds. The number of benzene rings is 2. The van der Waals surface area contributed by atoms with Gasteiger partial charge < -0.3 is 29.8 Å². The fourth-order valence-corrected chi connectivity index (χ4v) is 3.91. The summed E-state index contributed by atoms with van der Waals surface area (Å²) in [4.78, 5) is 47.9. The van der Waals surface area contributed by atoms with E-state index in [0.717, 1.165) is 11.0 Å². The zero-order valence-corrected chi connectivity index (χ0v) is 21.9. The summed E-state index contributed by atoms with van der Waals surface area (Å²) < 4.78 is 61.3. The third kappa shape index (κ3) is 9.17. The highest BCUT2D eigenvalue weighted by Crippen LogP contribution is 2.36. The number of amides is 3. The van der Waals surface area contributed by atoms with Crippen molar-refractivity contribution in [3.8, 4) is 0 Å². The molecule has 0 saturated carbocycles. The molecule has 1 aromatic heterocycles. The van der Waals surface area contributed by atoms with Gasteiger partial charge in [0.2, 0.25) is 0 Å². The number of hydrogen-bond donors (Lipinski definition) is 5. The van der Waals surface area contributed by atoms with Gasteiger partial charge >= 0.3 is 19.9 Å². The Morgan fingerprint density at radius 2 is 1.85 bits per heavy atom. The molecule has 0 fully saturated rings. The van der Waals surface area contributed by atoms with Crippen molar-refractivity contribution in [2.75, 3.05) is 25.6 Å². The van der Waals surface area contributed by atoms with Gasteiger partial charge in [-0.15, -0.1) is 0 Å². The van der Waals surface area contributed by atoms with E-state index in [1.807, 2.05) is 0 Å². The molecule has 0 bridgehead atoms. The second-order valence-corrected chi connectivity index (χ2v) is 9.84. The predicted octanol–water partition coefficient (Wildman–Crippen LogP) is 3.27. The zero-order chi connectivity index (χ0) is 29.4. The van der Waals surface area contributed by atoms with E-state index < -0.39 is 62.8 Å². The van der Waals surface area contributed by atoms with Gasteiger partial charge in [-0.2, -0.15) is 0 Å². The van der Waals surface area contributed by atoms with Crippen molar-refractivity contribution in [3.05, 3.63) is 71.7 Å². The topological polar surface area (TPSA) is 171 Å². The average molecular weight is 586 g/mol. The van der Waals surface area contributed by atoms with Crippen molar-refractivity contribution in [2.24, 2.45) is 0 Å². The molecular weight excluding hydrogens is 560 g/mol. The number of aromatic nitrogens is 1. The van der Waals surface area contributed by atoms with Crippen molar-refractivity contribution in [2.45, 2.75) is 25.1 Å². The summed E-state index contributed by atoms with van der Waals surface area (Å²) in [5.74, 6) is -2.69. The van der Waals surface area contributed by atoms with Crippen LogP contribution >= 0.6 is 7.82 Å². The summed E-state index contributed by atoms with van der Waals surface area (Å²) in [5.41, 5.74) is -0.133. The van der Waals surface area contributed by atoms with Crippen molar-refractivity contribution in [3.63, 3.8) is 0 Å². The first-order valence-corrected chi connectivity index (χ1v) is 13.2. The minimum absolute atomic E-state index is 0.0398. The number of hydrogen-bond acceptors (Lipinski definition) is 7. The minimum Gasteiger partial charge on any atom is -0.447 e. The molecule has 0 unspecified atom stereocenters. The van der Waals surface area contributed by atoms with Crippen LogP contribution in [0.25, 0.3) is 10.8 Å². The van der Waals surface area contributed by atoms with Crippen molar-refractivity contribution < 1.29 is 51.5 Å². The molecule has 0 saturated heterocycles. The van der Waals surface area contributed by atoms with Gasteiger partial charge in [-0.25, -0.2) is 32.3 Å². The maximum absolute atomic E-state index is 13.9. The van der Waals surface area contributed by atoms with Crippen molar-refractivity contribution >= 4 is 36.5 Å². The Hall–Kier alpha value is -3.75. The lowest BCUT2D eigenvalue weighted by molar-refractivity contribution is 0.0452. The van der Waals surface area contributed by atoms with Crippen LogP contribution in [0, 0.1) is 17.5 Å². The number of nitrogens with one attached hydrogen (secondary N) is 2. The van der Waals surface area contributed by atoms with Gasteiger partial charge in [0.25, 0.3) is 0 Å². The molecule has 216 valence electrons. The number of likely N-dealkylation sites (N-methyl/N-ethyl adjacent to an activating group) is 1. The van der Waals surface area contributed by atoms with Crippen LogP contribution in [0.1, 0.15) is 12.0 Å². The van der Waals surface area contributed by atoms with Gasteiger partial charge in [-0.1, -0.05) is 12.1 Å². The van der Waals surface area contributed by atoms with E-state index in [1.54, 1.807) is 0 Å². The van der Waals surface area contributed by atoms with Crippen LogP contribution < -0.4 is 10.6 Å². The monoisotopic (exact) mass is 586 g/mol. The minimum atomic E-state index is -4.90. The number of fused-ring (bicyclic) bond motifs is 1. The summed E-state index contributed by atoms with van der Waals surface area (Å²) in [6, 6.07) is 6.97. The van der Waals surface area contributed by atoms with E-state index in [1.165, 1.54) is 49.6 Å². The fraction of sp³-hybridized carbons (Fsp3) is 0.292. The Morgan fingerprint density at radius 1 is 1.10 bits per heavy atom. The maximum Gasteiger partial charge on any atom is 0.469 e. The van der Waals surface area contributed by atoms with Crippen molar-refractivity contribution in [1.29, 1.82) is 0 Å². The van der Waals surface area contributed by atoms with Crippen LogP contribution in [-0.2, 0) is 20.4 Å². The molecule has 3 aromatic rings. The number of pyridine rings is 1. The van der Waals surface area contributed by atoms with Crippen LogP contribution in [0.3, 0.4) is 0 Å². The molecule has 16 heteroatoms. The standard InChI is InChI=1S/C24H26F3N4O8P/c1-31(23(33)29-11-15-3-2-4-20(26)22(15)27)18(9-19(32)13-39-40(35,36)37)12-38-24(34)30-21-8-16-7-17(25)6-5-14(16)10-28-21/h2-8,10,18-19,32H,9,11-13H2,1H3,(H,29,33)(H,28,30,34)(H2,35,36,37)/t18-,19-/m0/s1. The second kappa shape index (κ2) is 13.5. The lowest BCUT2D eigenvalue weighted by atomic mass is 10.1. The first-order chi connectivity index (χ1) is 18.8. The molecule has 0 aliphatic carbocycles. The number of halogens is 3. The highest BCUT2D eigenvalue weighted by atomic mass is 31.2. The number of aliphatic hydroxyl groups excluding tert-OH is 1. The smallest absolute Gasteiger partial charge is 0.447 e. The van der Waals surface area contributed by atoms with Gasteiger partial charge in [0.05, 0.1) is 18.8 Å². The van der Waals surface area contributed by atoms with Crippen LogP contribution in [-0.4, -0.2) is 69.3 Å². The third-order valence-electron chi connectivity index (χ3n) is 5.63. The van der Waals surface area contributed by atoms with Gasteiger partial charge in [0.15, 0.2) is 11.6 Å². The fourth-order valence-electron chi connectivity index (χ4n) is 3.54. The quantitative estimate of drug-likeness (QED) is 0.212. The predicted molar refractivity (Wildman–Crippen MR) is 135 cm³/mol. The van der Waals surface area contributed by atoms with Crippen LogP contribution in [0.15, 0.2) is 48.7 Å². The van der Waals surface area contributed by atoms with Crippen LogP contribution in [0.4, 0.5) is 28.6 Å². The number of urea groups is 1. The highest BCUT2D eigenvalue weighted by Gasteiger charge is 2.27. The molecule has 2 aromatic carbocycles. The first kappa shape index (κ1) is 30.8. The number of rotatable bonds is 11. The zero-order valence-electron chi connectivity index (χ0n) is 21.0. The van der Waals surface area contributed by atoms with Crippen LogP contribution in [0.2, 0.25) is 0 Å². The van der Waals surface area contributed by atoms with E-state index in [9.17, 15) is 32.4 Å². The number of phosphoric ester groups is 1. The van der Waals surface area contributed by atoms with E-state index >= 15 is 0 Å². The molecular formula is C24H26F3N4O8P. The summed E-state index contributed by atoms with van der Waals surface area (Å²) in [6.07, 6.45) is -1.47. The summed E-state index contributed by atoms with van der Waals surface area (Å²) >= 11 is 0. The molecule has 1 heterocycles. The number of anilines is 1. The summed E-state index contributed by atoms with van der Waals surface area (Å²) in [5, 5.41) is 16.0. The lowest BCUT2D eigenvalue weighted by Gasteiger charge is -2.29. The number of ether oxygens (including phenoxy) is 1. The molecule has 40 heavy (non-hydrogen) atoms. The molecule has 0 aliphatic heterocycles.